The summed E-state index contributed by atoms with van der Waals surface area (Å²) in [5.74, 6) is -1.52. The van der Waals surface area contributed by atoms with Crippen LogP contribution in [0.3, 0.4) is 0 Å². The van der Waals surface area contributed by atoms with Gasteiger partial charge in [-0.05, 0) is 35.9 Å². The molecule has 2 heterocycles. The van der Waals surface area contributed by atoms with Gasteiger partial charge in [-0.1, -0.05) is 48.5 Å². The van der Waals surface area contributed by atoms with Crippen molar-refractivity contribution in [2.75, 3.05) is 45.9 Å². The van der Waals surface area contributed by atoms with Crippen molar-refractivity contribution in [3.63, 3.8) is 0 Å². The van der Waals surface area contributed by atoms with Crippen LogP contribution in [0, 0.1) is 5.82 Å². The summed E-state index contributed by atoms with van der Waals surface area (Å²) >= 11 is 0. The first kappa shape index (κ1) is 29.4. The van der Waals surface area contributed by atoms with E-state index in [4.69, 9.17) is 4.74 Å². The number of morpholine rings is 1. The fourth-order valence-electron chi connectivity index (χ4n) is 5.09. The van der Waals surface area contributed by atoms with Gasteiger partial charge in [0, 0.05) is 43.7 Å². The summed E-state index contributed by atoms with van der Waals surface area (Å²) in [4.78, 5) is 30.8. The molecule has 3 aromatic carbocycles. The molecule has 0 N–H and O–H groups in total. The maximum absolute atomic E-state index is 14.7. The second kappa shape index (κ2) is 12.8. The van der Waals surface area contributed by atoms with Gasteiger partial charge in [-0.3, -0.25) is 14.5 Å². The molecule has 3 aromatic rings. The Morgan fingerprint density at radius 3 is 2.26 bits per heavy atom. The lowest BCUT2D eigenvalue weighted by atomic mass is 9.98. The Labute approximate surface area is 241 Å². The molecular weight excluding hydrogens is 552 g/mol. The van der Waals surface area contributed by atoms with Crippen molar-refractivity contribution >= 4 is 17.5 Å². The summed E-state index contributed by atoms with van der Waals surface area (Å²) in [6, 6.07) is 18.9. The minimum Gasteiger partial charge on any atom is -0.379 e. The predicted octanol–water partition coefficient (Wildman–Crippen LogP) is 5.00. The van der Waals surface area contributed by atoms with Crippen LogP contribution in [0.25, 0.3) is 0 Å². The molecule has 42 heavy (non-hydrogen) atoms. The summed E-state index contributed by atoms with van der Waals surface area (Å²) in [5, 5.41) is 5.81. The minimum absolute atomic E-state index is 0.0364. The SMILES string of the molecule is O=C(c1ccc(C(F)(F)F)cc1)N(CCN1CCOCC1)CC(=O)N1N=C(c2ccccc2F)C[C@@H]1c1ccccc1. The highest BCUT2D eigenvalue weighted by atomic mass is 19.4. The molecule has 0 radical (unpaired) electrons. The van der Waals surface area contributed by atoms with Gasteiger partial charge in [0.15, 0.2) is 0 Å². The Balaban J connectivity index is 1.41. The number of ether oxygens (including phenoxy) is 1. The molecule has 1 fully saturated rings. The quantitative estimate of drug-likeness (QED) is 0.351. The number of amides is 2. The van der Waals surface area contributed by atoms with Gasteiger partial charge in [0.05, 0.1) is 30.5 Å². The smallest absolute Gasteiger partial charge is 0.379 e. The maximum Gasteiger partial charge on any atom is 0.416 e. The number of rotatable bonds is 8. The number of alkyl halides is 3. The van der Waals surface area contributed by atoms with E-state index in [-0.39, 0.29) is 25.1 Å². The molecule has 2 aliphatic rings. The number of halogens is 4. The van der Waals surface area contributed by atoms with Crippen molar-refractivity contribution in [2.24, 2.45) is 5.10 Å². The number of hydrogen-bond acceptors (Lipinski definition) is 5. The molecule has 7 nitrogen and oxygen atoms in total. The lowest BCUT2D eigenvalue weighted by molar-refractivity contribution is -0.137. The standard InChI is InChI=1S/C31H30F4N4O3/c32-26-9-5-4-8-25(26)27-20-28(22-6-2-1-3-7-22)39(36-27)29(40)21-38(15-14-37-16-18-42-19-17-37)30(41)23-10-12-24(13-11-23)31(33,34)35/h1-13,28H,14-21H2/t28-/m1/s1. The fourth-order valence-corrected chi connectivity index (χ4v) is 5.09. The third-order valence-electron chi connectivity index (χ3n) is 7.40. The molecule has 0 spiro atoms. The van der Waals surface area contributed by atoms with Crippen LogP contribution in [0.5, 0.6) is 0 Å². The summed E-state index contributed by atoms with van der Waals surface area (Å²) in [5.41, 5.74) is 0.667. The van der Waals surface area contributed by atoms with E-state index >= 15 is 0 Å². The number of nitrogens with zero attached hydrogens (tertiary/aromatic N) is 4. The molecule has 1 atom stereocenters. The van der Waals surface area contributed by atoms with Gasteiger partial charge >= 0.3 is 6.18 Å². The lowest BCUT2D eigenvalue weighted by Gasteiger charge is -2.31. The van der Waals surface area contributed by atoms with Crippen LogP contribution in [-0.2, 0) is 15.7 Å². The second-order valence-corrected chi connectivity index (χ2v) is 10.2. The summed E-state index contributed by atoms with van der Waals surface area (Å²) < 4.78 is 59.4. The summed E-state index contributed by atoms with van der Waals surface area (Å²) in [6.45, 7) is 2.68. The average Bonchev–Trinajstić information content (AvgIpc) is 3.45. The molecule has 0 unspecified atom stereocenters. The molecule has 0 aliphatic carbocycles. The number of carbonyl (C=O) groups is 2. The normalized spacial score (nSPS) is 17.7. The van der Waals surface area contributed by atoms with Gasteiger partial charge in [-0.15, -0.1) is 0 Å². The first-order valence-electron chi connectivity index (χ1n) is 13.7. The van der Waals surface area contributed by atoms with E-state index in [1.165, 1.54) is 16.0 Å². The second-order valence-electron chi connectivity index (χ2n) is 10.2. The summed E-state index contributed by atoms with van der Waals surface area (Å²) in [6.07, 6.45) is -4.26. The van der Waals surface area contributed by atoms with Crippen molar-refractivity contribution < 1.29 is 31.9 Å². The highest BCUT2D eigenvalue weighted by Gasteiger charge is 2.35. The largest absolute Gasteiger partial charge is 0.416 e. The van der Waals surface area contributed by atoms with Gasteiger partial charge in [0.2, 0.25) is 0 Å². The number of hydrogen-bond donors (Lipinski definition) is 0. The van der Waals surface area contributed by atoms with E-state index in [0.717, 1.165) is 29.8 Å². The van der Waals surface area contributed by atoms with E-state index in [1.54, 1.807) is 18.2 Å². The van der Waals surface area contributed by atoms with Gasteiger partial charge in [0.25, 0.3) is 11.8 Å². The van der Waals surface area contributed by atoms with Crippen LogP contribution in [0.2, 0.25) is 0 Å². The molecule has 220 valence electrons. The van der Waals surface area contributed by atoms with Gasteiger partial charge in [-0.2, -0.15) is 18.3 Å². The molecule has 2 amide bonds. The van der Waals surface area contributed by atoms with E-state index < -0.39 is 35.4 Å². The maximum atomic E-state index is 14.7. The van der Waals surface area contributed by atoms with Crippen molar-refractivity contribution in [1.82, 2.24) is 14.8 Å². The van der Waals surface area contributed by atoms with E-state index in [1.807, 2.05) is 30.3 Å². The lowest BCUT2D eigenvalue weighted by Crippen LogP contribution is -2.46. The molecule has 1 saturated heterocycles. The molecule has 2 aliphatic heterocycles. The van der Waals surface area contributed by atoms with Crippen LogP contribution in [-0.4, -0.2) is 78.3 Å². The van der Waals surface area contributed by atoms with E-state index in [9.17, 15) is 27.2 Å². The molecule has 0 saturated carbocycles. The number of benzene rings is 3. The van der Waals surface area contributed by atoms with E-state index in [0.29, 0.717) is 44.1 Å². The third kappa shape index (κ3) is 6.85. The van der Waals surface area contributed by atoms with Gasteiger partial charge in [-0.25, -0.2) is 9.40 Å². The zero-order valence-corrected chi connectivity index (χ0v) is 22.8. The van der Waals surface area contributed by atoms with Crippen LogP contribution in [0.4, 0.5) is 17.6 Å². The molecular formula is C31H30F4N4O3. The van der Waals surface area contributed by atoms with Crippen LogP contribution in [0.15, 0.2) is 84.0 Å². The third-order valence-corrected chi connectivity index (χ3v) is 7.40. The Kier molecular flexibility index (Phi) is 8.98. The molecule has 0 aromatic heterocycles. The van der Waals surface area contributed by atoms with Gasteiger partial charge in [0.1, 0.15) is 12.4 Å². The van der Waals surface area contributed by atoms with Crippen molar-refractivity contribution in [1.29, 1.82) is 0 Å². The molecule has 5 rings (SSSR count). The van der Waals surface area contributed by atoms with Crippen molar-refractivity contribution in [2.45, 2.75) is 18.6 Å². The highest BCUT2D eigenvalue weighted by Crippen LogP contribution is 2.34. The van der Waals surface area contributed by atoms with Gasteiger partial charge < -0.3 is 9.64 Å². The first-order chi connectivity index (χ1) is 20.2. The first-order valence-corrected chi connectivity index (χ1v) is 13.7. The van der Waals surface area contributed by atoms with Crippen molar-refractivity contribution in [3.8, 4) is 0 Å². The minimum atomic E-state index is -4.54. The molecule has 0 bridgehead atoms. The Bertz CT molecular complexity index is 1420. The fraction of sp³-hybridized carbons (Fsp3) is 0.323. The predicted molar refractivity (Wildman–Crippen MR) is 148 cm³/mol. The van der Waals surface area contributed by atoms with E-state index in [2.05, 4.69) is 10.0 Å². The number of carbonyl (C=O) groups excluding carboxylic acids is 2. The zero-order chi connectivity index (χ0) is 29.7. The monoisotopic (exact) mass is 582 g/mol. The topological polar surface area (TPSA) is 65.5 Å². The highest BCUT2D eigenvalue weighted by molar-refractivity contribution is 6.04. The summed E-state index contributed by atoms with van der Waals surface area (Å²) in [7, 11) is 0. The Hall–Kier alpha value is -4.09. The van der Waals surface area contributed by atoms with Crippen LogP contribution >= 0.6 is 0 Å². The zero-order valence-electron chi connectivity index (χ0n) is 22.8. The van der Waals surface area contributed by atoms with Crippen LogP contribution in [0.1, 0.15) is 39.5 Å². The van der Waals surface area contributed by atoms with Crippen LogP contribution < -0.4 is 0 Å². The Morgan fingerprint density at radius 1 is 0.929 bits per heavy atom. The van der Waals surface area contributed by atoms with Crippen molar-refractivity contribution in [3.05, 3.63) is 107 Å². The average molecular weight is 583 g/mol. The number of hydrazone groups is 1. The Morgan fingerprint density at radius 2 is 1.60 bits per heavy atom. The molecule has 11 heteroatoms.